The Hall–Kier alpha value is 0.893. The smallest absolute Gasteiger partial charge is 0.652 e. The Kier molecular flexibility index (Phi) is 12.3. The number of hydrogen-bond donors (Lipinski definition) is 0. The molecule has 1 aliphatic heterocycles. The predicted molar refractivity (Wildman–Crippen MR) is 48.3 cm³/mol. The van der Waals surface area contributed by atoms with Crippen LogP contribution in [0.2, 0.25) is 0 Å². The maximum Gasteiger partial charge on any atom is 1.00 e. The Labute approximate surface area is 197 Å². The van der Waals surface area contributed by atoms with E-state index < -0.39 is 18.9 Å². The molecular formula is C10H6F2K2O6. The van der Waals surface area contributed by atoms with E-state index in [1.54, 1.807) is 0 Å². The molecular weight excluding hydrogens is 332 g/mol. The number of carbonyl (C=O) groups is 2. The van der Waals surface area contributed by atoms with Gasteiger partial charge in [-0.1, -0.05) is 0 Å². The number of ether oxygens (including phenoxy) is 2. The molecule has 0 atom stereocenters. The minimum Gasteiger partial charge on any atom is -0.652 e. The third kappa shape index (κ3) is 8.36. The zero-order chi connectivity index (χ0) is 13.8. The second-order valence-electron chi connectivity index (χ2n) is 3.10. The summed E-state index contributed by atoms with van der Waals surface area (Å²) >= 11 is 0. The van der Waals surface area contributed by atoms with Crippen LogP contribution in [0.15, 0.2) is 18.2 Å². The van der Waals surface area contributed by atoms with Crippen LogP contribution in [0, 0.1) is 0 Å². The number of carbonyl (C=O) groups excluding carboxylic acids is 2. The summed E-state index contributed by atoms with van der Waals surface area (Å²) in [4.78, 5) is 18.7. The maximum atomic E-state index is 12.6. The number of halogens is 2. The molecule has 20 heavy (non-hydrogen) atoms. The number of hydrogen-bond acceptors (Lipinski definition) is 6. The van der Waals surface area contributed by atoms with Gasteiger partial charge in [0.2, 0.25) is 0 Å². The van der Waals surface area contributed by atoms with E-state index in [0.29, 0.717) is 11.8 Å². The van der Waals surface area contributed by atoms with Crippen molar-refractivity contribution >= 4 is 12.4 Å². The van der Waals surface area contributed by atoms with Crippen LogP contribution in [0.5, 0.6) is 11.5 Å². The van der Waals surface area contributed by atoms with Crippen LogP contribution in [0.25, 0.3) is 0 Å². The van der Waals surface area contributed by atoms with Gasteiger partial charge in [0.05, 0.1) is 0 Å². The van der Waals surface area contributed by atoms with Gasteiger partial charge >= 0.3 is 109 Å². The zero-order valence-electron chi connectivity index (χ0n) is 10.7. The molecule has 1 heterocycles. The van der Waals surface area contributed by atoms with E-state index in [4.69, 9.17) is 19.7 Å². The molecule has 0 saturated heterocycles. The monoisotopic (exact) mass is 338 g/mol. The molecule has 0 amide bonds. The molecule has 0 bridgehead atoms. The molecule has 6 nitrogen and oxygen atoms in total. The van der Waals surface area contributed by atoms with Gasteiger partial charge in [0.15, 0.2) is 18.1 Å². The minimum absolute atomic E-state index is 0. The van der Waals surface area contributed by atoms with Crippen LogP contribution in [0.3, 0.4) is 0 Å². The fourth-order valence-electron chi connectivity index (χ4n) is 1.15. The van der Waals surface area contributed by atoms with Crippen LogP contribution in [-0.4, -0.2) is 25.2 Å². The van der Waals surface area contributed by atoms with Gasteiger partial charge in [0.1, 0.15) is 6.29 Å². The largest absolute Gasteiger partial charge is 1.00 e. The van der Waals surface area contributed by atoms with E-state index in [9.17, 15) is 13.6 Å². The second-order valence-corrected chi connectivity index (χ2v) is 3.10. The Morgan fingerprint density at radius 3 is 2.30 bits per heavy atom. The van der Waals surface area contributed by atoms with E-state index in [1.165, 1.54) is 18.2 Å². The average molecular weight is 338 g/mol. The van der Waals surface area contributed by atoms with Crippen LogP contribution in [-0.2, 0) is 0 Å². The Morgan fingerprint density at radius 1 is 1.25 bits per heavy atom. The minimum atomic E-state index is -3.30. The van der Waals surface area contributed by atoms with Crippen LogP contribution in [0.1, 0.15) is 10.4 Å². The van der Waals surface area contributed by atoms with Gasteiger partial charge in [-0.05, 0) is 24.4 Å². The van der Waals surface area contributed by atoms with E-state index in [-0.39, 0.29) is 114 Å². The standard InChI is InChI=1S/C9H6F2O3.CH2O3.2K/c10-9(11)5-13-8-3-6(4-12)1-2-7(8)14-9;2-1(3)4;;/h1-4H,5H2;(H2,2,3,4);;/q;;2*+1/p-2. The van der Waals surface area contributed by atoms with Gasteiger partial charge in [-0.25, -0.2) is 0 Å². The molecule has 1 aromatic rings. The van der Waals surface area contributed by atoms with Crippen molar-refractivity contribution in [3.8, 4) is 11.5 Å². The quantitative estimate of drug-likeness (QED) is 0.373. The molecule has 98 valence electrons. The van der Waals surface area contributed by atoms with Crippen LogP contribution >= 0.6 is 0 Å². The van der Waals surface area contributed by atoms with Crippen LogP contribution < -0.4 is 122 Å². The summed E-state index contributed by atoms with van der Waals surface area (Å²) in [5, 5.41) is 16.7. The first-order chi connectivity index (χ1) is 8.34. The Bertz CT molecular complexity index is 465. The molecule has 0 spiro atoms. The molecule has 0 unspecified atom stereocenters. The first-order valence-electron chi connectivity index (χ1n) is 4.51. The molecule has 0 radical (unpaired) electrons. The summed E-state index contributed by atoms with van der Waals surface area (Å²) in [5.41, 5.74) is 0.359. The summed E-state index contributed by atoms with van der Waals surface area (Å²) in [6, 6.07) is 4.03. The normalized spacial score (nSPS) is 13.5. The predicted octanol–water partition coefficient (Wildman–Crippen LogP) is -6.58. The van der Waals surface area contributed by atoms with Gasteiger partial charge in [-0.3, -0.25) is 4.79 Å². The number of fused-ring (bicyclic) bond motifs is 1. The zero-order valence-corrected chi connectivity index (χ0v) is 17.0. The van der Waals surface area contributed by atoms with Crippen LogP contribution in [0.4, 0.5) is 13.6 Å². The molecule has 1 aromatic carbocycles. The number of benzene rings is 1. The third-order valence-corrected chi connectivity index (χ3v) is 1.76. The topological polar surface area (TPSA) is 98.7 Å². The fourth-order valence-corrected chi connectivity index (χ4v) is 1.15. The molecule has 10 heteroatoms. The van der Waals surface area contributed by atoms with E-state index >= 15 is 0 Å². The van der Waals surface area contributed by atoms with E-state index in [2.05, 4.69) is 4.74 Å². The first kappa shape index (κ1) is 23.2. The summed E-state index contributed by atoms with van der Waals surface area (Å²) in [6.45, 7) is -0.831. The van der Waals surface area contributed by atoms with Gasteiger partial charge in [0.25, 0.3) is 0 Å². The first-order valence-corrected chi connectivity index (χ1v) is 4.51. The van der Waals surface area contributed by atoms with Crippen molar-refractivity contribution in [2.45, 2.75) is 6.11 Å². The summed E-state index contributed by atoms with van der Waals surface area (Å²) in [6.07, 6.45) is -5.02. The van der Waals surface area contributed by atoms with Crippen molar-refractivity contribution in [1.82, 2.24) is 0 Å². The molecule has 0 aromatic heterocycles. The van der Waals surface area contributed by atoms with Gasteiger partial charge in [0, 0.05) is 5.56 Å². The van der Waals surface area contributed by atoms with Crippen molar-refractivity contribution in [2.75, 3.05) is 6.61 Å². The average Bonchev–Trinajstić information content (AvgIpc) is 2.26. The number of aldehydes is 1. The Morgan fingerprint density at radius 2 is 1.80 bits per heavy atom. The van der Waals surface area contributed by atoms with E-state index in [1.807, 2.05) is 0 Å². The number of rotatable bonds is 1. The number of carboxylic acid groups (broad SMARTS) is 2. The molecule has 0 saturated carbocycles. The molecule has 2 rings (SSSR count). The molecule has 0 fully saturated rings. The molecule has 0 aliphatic carbocycles. The maximum absolute atomic E-state index is 12.6. The summed E-state index contributed by atoms with van der Waals surface area (Å²) in [5.74, 6) is 0.118. The second kappa shape index (κ2) is 10.6. The fraction of sp³-hybridized carbons (Fsp3) is 0.200. The van der Waals surface area contributed by atoms with Crippen molar-refractivity contribution in [2.24, 2.45) is 0 Å². The van der Waals surface area contributed by atoms with Crippen molar-refractivity contribution in [3.63, 3.8) is 0 Å². The SMILES string of the molecule is O=C([O-])[O-].O=Cc1ccc2c(c1)OCC(F)(F)O2.[K+].[K+]. The van der Waals surface area contributed by atoms with Gasteiger partial charge in [-0.15, -0.1) is 0 Å². The van der Waals surface area contributed by atoms with Gasteiger partial charge < -0.3 is 24.5 Å². The third-order valence-electron chi connectivity index (χ3n) is 1.76. The summed E-state index contributed by atoms with van der Waals surface area (Å²) < 4.78 is 34.4. The molecule has 0 N–H and O–H groups in total. The summed E-state index contributed by atoms with van der Waals surface area (Å²) in [7, 11) is 0. The van der Waals surface area contributed by atoms with Crippen molar-refractivity contribution in [3.05, 3.63) is 23.8 Å². The molecule has 1 aliphatic rings. The van der Waals surface area contributed by atoms with Crippen molar-refractivity contribution < 1.29 is 141 Å². The Balaban J connectivity index is 0. The van der Waals surface area contributed by atoms with Crippen molar-refractivity contribution in [1.29, 1.82) is 0 Å². The number of alkyl halides is 2. The van der Waals surface area contributed by atoms with E-state index in [0.717, 1.165) is 0 Å². The van der Waals surface area contributed by atoms with Gasteiger partial charge in [-0.2, -0.15) is 8.78 Å².